The average molecular weight is 419 g/mol. The first-order chi connectivity index (χ1) is 14.5. The second-order valence-corrected chi connectivity index (χ2v) is 9.84. The molecule has 3 atom stereocenters. The topological polar surface area (TPSA) is 26.3 Å². The summed E-state index contributed by atoms with van der Waals surface area (Å²) in [5, 5.41) is 0. The lowest BCUT2D eigenvalue weighted by molar-refractivity contribution is -0.156. The van der Waals surface area contributed by atoms with Gasteiger partial charge in [0.05, 0.1) is 0 Å². The fourth-order valence-corrected chi connectivity index (χ4v) is 4.56. The van der Waals surface area contributed by atoms with E-state index in [-0.39, 0.29) is 12.1 Å². The molecule has 2 heteroatoms. The van der Waals surface area contributed by atoms with Gasteiger partial charge in [0.1, 0.15) is 6.10 Å². The Hall–Kier alpha value is -1.05. The number of allylic oxidation sites excluding steroid dienone is 4. The molecule has 1 saturated carbocycles. The molecule has 1 rings (SSSR count). The maximum absolute atomic E-state index is 12.3. The second kappa shape index (κ2) is 17.6. The third kappa shape index (κ3) is 13.3. The van der Waals surface area contributed by atoms with Crippen LogP contribution in [-0.4, -0.2) is 12.1 Å². The second-order valence-electron chi connectivity index (χ2n) is 9.84. The van der Waals surface area contributed by atoms with Crippen molar-refractivity contribution in [3.05, 3.63) is 24.3 Å². The van der Waals surface area contributed by atoms with Crippen LogP contribution in [0.25, 0.3) is 0 Å². The Bertz CT molecular complexity index is 477. The van der Waals surface area contributed by atoms with Crippen molar-refractivity contribution in [3.8, 4) is 0 Å². The van der Waals surface area contributed by atoms with Crippen LogP contribution in [0.15, 0.2) is 24.3 Å². The van der Waals surface area contributed by atoms with E-state index >= 15 is 0 Å². The predicted octanol–water partition coefficient (Wildman–Crippen LogP) is 8.80. The highest BCUT2D eigenvalue weighted by atomic mass is 16.5. The van der Waals surface area contributed by atoms with Crippen LogP contribution in [0.1, 0.15) is 124 Å². The van der Waals surface area contributed by atoms with Crippen LogP contribution in [0.5, 0.6) is 0 Å². The molecular formula is C28H50O2. The Kier molecular flexibility index (Phi) is 15.8. The Morgan fingerprint density at radius 2 is 1.53 bits per heavy atom. The highest BCUT2D eigenvalue weighted by molar-refractivity contribution is 5.69. The first kappa shape index (κ1) is 27.0. The van der Waals surface area contributed by atoms with Gasteiger partial charge in [0.2, 0.25) is 0 Å². The zero-order valence-electron chi connectivity index (χ0n) is 20.5. The van der Waals surface area contributed by atoms with Gasteiger partial charge in [-0.05, 0) is 69.1 Å². The molecule has 0 saturated heterocycles. The summed E-state index contributed by atoms with van der Waals surface area (Å²) in [6, 6.07) is 0. The Balaban J connectivity index is 1.99. The molecule has 2 nitrogen and oxygen atoms in total. The van der Waals surface area contributed by atoms with E-state index in [0.29, 0.717) is 24.2 Å². The van der Waals surface area contributed by atoms with E-state index in [0.717, 1.165) is 25.7 Å². The van der Waals surface area contributed by atoms with E-state index in [2.05, 4.69) is 52.0 Å². The van der Waals surface area contributed by atoms with E-state index in [1.165, 1.54) is 64.2 Å². The molecule has 0 radical (unpaired) electrons. The highest BCUT2D eigenvalue weighted by Crippen LogP contribution is 2.35. The monoisotopic (exact) mass is 418 g/mol. The summed E-state index contributed by atoms with van der Waals surface area (Å²) < 4.78 is 5.90. The van der Waals surface area contributed by atoms with Crippen molar-refractivity contribution >= 4 is 5.97 Å². The van der Waals surface area contributed by atoms with Crippen molar-refractivity contribution in [2.75, 3.05) is 0 Å². The van der Waals surface area contributed by atoms with E-state index < -0.39 is 0 Å². The molecule has 0 N–H and O–H groups in total. The summed E-state index contributed by atoms with van der Waals surface area (Å²) in [6.07, 6.45) is 26.9. The fraction of sp³-hybridized carbons (Fsp3) is 0.821. The summed E-state index contributed by atoms with van der Waals surface area (Å²) in [7, 11) is 0. The van der Waals surface area contributed by atoms with Gasteiger partial charge in [-0.2, -0.15) is 0 Å². The molecule has 30 heavy (non-hydrogen) atoms. The SMILES string of the molecule is CCCCC/C=C\C/C=C\CCCCCCCC(=O)O[C@@H]1C[C@H](C)CC[C@H]1C(C)C. The minimum atomic E-state index is 0.0328. The molecule has 0 aromatic carbocycles. The maximum atomic E-state index is 12.3. The van der Waals surface area contributed by atoms with Gasteiger partial charge >= 0.3 is 5.97 Å². The van der Waals surface area contributed by atoms with Gasteiger partial charge in [-0.3, -0.25) is 4.79 Å². The number of rotatable bonds is 16. The maximum Gasteiger partial charge on any atom is 0.306 e. The summed E-state index contributed by atoms with van der Waals surface area (Å²) in [5.74, 6) is 1.88. The number of unbranched alkanes of at least 4 members (excludes halogenated alkanes) is 8. The standard InChI is InChI=1S/C28H50O2/c1-5-6-7-8-9-10-11-12-13-14-15-16-17-18-19-20-28(29)30-27-23-25(4)21-22-26(27)24(2)3/h9-10,12-13,24-27H,5-8,11,14-23H2,1-4H3/b10-9-,13-12-/t25-,26+,27-/m1/s1. The normalized spacial score (nSPS) is 22.4. The van der Waals surface area contributed by atoms with Crippen LogP contribution in [0.2, 0.25) is 0 Å². The zero-order chi connectivity index (χ0) is 22.0. The van der Waals surface area contributed by atoms with Crippen LogP contribution in [0.4, 0.5) is 0 Å². The van der Waals surface area contributed by atoms with Crippen LogP contribution >= 0.6 is 0 Å². The molecule has 1 fully saturated rings. The molecule has 1 aliphatic carbocycles. The van der Waals surface area contributed by atoms with E-state index in [4.69, 9.17) is 4.74 Å². The third-order valence-corrected chi connectivity index (χ3v) is 6.58. The lowest BCUT2D eigenvalue weighted by Gasteiger charge is -2.36. The number of hydrogen-bond donors (Lipinski definition) is 0. The predicted molar refractivity (Wildman–Crippen MR) is 131 cm³/mol. The summed E-state index contributed by atoms with van der Waals surface area (Å²) in [4.78, 5) is 12.3. The molecule has 0 amide bonds. The molecule has 0 unspecified atom stereocenters. The number of esters is 1. The molecule has 0 aromatic heterocycles. The molecular weight excluding hydrogens is 368 g/mol. The average Bonchev–Trinajstić information content (AvgIpc) is 2.70. The summed E-state index contributed by atoms with van der Waals surface area (Å²) in [5.41, 5.74) is 0. The van der Waals surface area contributed by atoms with E-state index in [1.54, 1.807) is 0 Å². The lowest BCUT2D eigenvalue weighted by Crippen LogP contribution is -2.35. The Morgan fingerprint density at radius 3 is 2.20 bits per heavy atom. The van der Waals surface area contributed by atoms with Crippen molar-refractivity contribution in [1.29, 1.82) is 0 Å². The minimum absolute atomic E-state index is 0.0328. The molecule has 0 heterocycles. The third-order valence-electron chi connectivity index (χ3n) is 6.58. The van der Waals surface area contributed by atoms with Gasteiger partial charge in [0.15, 0.2) is 0 Å². The van der Waals surface area contributed by atoms with Crippen molar-refractivity contribution in [2.45, 2.75) is 130 Å². The van der Waals surface area contributed by atoms with E-state index in [9.17, 15) is 4.79 Å². The number of carbonyl (C=O) groups is 1. The molecule has 0 spiro atoms. The largest absolute Gasteiger partial charge is 0.462 e. The van der Waals surface area contributed by atoms with Crippen LogP contribution in [0, 0.1) is 17.8 Å². The van der Waals surface area contributed by atoms with Crippen LogP contribution in [0.3, 0.4) is 0 Å². The first-order valence-electron chi connectivity index (χ1n) is 13.0. The van der Waals surface area contributed by atoms with Gasteiger partial charge in [-0.1, -0.05) is 90.5 Å². The molecule has 174 valence electrons. The zero-order valence-corrected chi connectivity index (χ0v) is 20.5. The Labute approximate surface area is 187 Å². The number of ether oxygens (including phenoxy) is 1. The van der Waals surface area contributed by atoms with Crippen molar-refractivity contribution in [3.63, 3.8) is 0 Å². The van der Waals surface area contributed by atoms with Gasteiger partial charge < -0.3 is 4.74 Å². The van der Waals surface area contributed by atoms with Gasteiger partial charge in [-0.15, -0.1) is 0 Å². The number of hydrogen-bond acceptors (Lipinski definition) is 2. The van der Waals surface area contributed by atoms with Gasteiger partial charge in [-0.25, -0.2) is 0 Å². The summed E-state index contributed by atoms with van der Waals surface area (Å²) in [6.45, 7) is 9.07. The molecule has 0 aliphatic heterocycles. The van der Waals surface area contributed by atoms with Crippen molar-refractivity contribution in [1.82, 2.24) is 0 Å². The molecule has 0 bridgehead atoms. The highest BCUT2D eigenvalue weighted by Gasteiger charge is 2.33. The molecule has 0 aromatic rings. The minimum Gasteiger partial charge on any atom is -0.462 e. The van der Waals surface area contributed by atoms with Gasteiger partial charge in [0.25, 0.3) is 0 Å². The van der Waals surface area contributed by atoms with E-state index in [1.807, 2.05) is 0 Å². The lowest BCUT2D eigenvalue weighted by atomic mass is 9.75. The van der Waals surface area contributed by atoms with Crippen LogP contribution in [-0.2, 0) is 9.53 Å². The first-order valence-corrected chi connectivity index (χ1v) is 13.0. The van der Waals surface area contributed by atoms with Crippen LogP contribution < -0.4 is 0 Å². The quantitative estimate of drug-likeness (QED) is 0.142. The summed E-state index contributed by atoms with van der Waals surface area (Å²) >= 11 is 0. The fourth-order valence-electron chi connectivity index (χ4n) is 4.56. The Morgan fingerprint density at radius 1 is 0.900 bits per heavy atom. The number of carbonyl (C=O) groups excluding carboxylic acids is 1. The van der Waals surface area contributed by atoms with Gasteiger partial charge in [0, 0.05) is 6.42 Å². The van der Waals surface area contributed by atoms with Crippen molar-refractivity contribution in [2.24, 2.45) is 17.8 Å². The van der Waals surface area contributed by atoms with Crippen molar-refractivity contribution < 1.29 is 9.53 Å². The molecule has 1 aliphatic rings. The smallest absolute Gasteiger partial charge is 0.306 e.